The number of aliphatic hydroxyl groups excluding tert-OH is 1. The third-order valence-corrected chi connectivity index (χ3v) is 7.22. The SMILES string of the molecule is COC(=O)C[C@@H](C1=C(O)[C@@]2(Oc3c(Cl)c(OC)cc(OC)c3C2=O)[C@H](C)CC1=O)c1cc(F)c(F)c(F)c1. The molecule has 0 amide bonds. The fraction of sp³-hybridized carbons (Fsp3) is 0.346. The fourth-order valence-electron chi connectivity index (χ4n) is 4.95. The zero-order valence-electron chi connectivity index (χ0n) is 20.6. The molecule has 0 fully saturated rings. The number of carbonyl (C=O) groups excluding carboxylic acids is 3. The summed E-state index contributed by atoms with van der Waals surface area (Å²) in [6.45, 7) is 1.48. The molecule has 4 rings (SSSR count). The van der Waals surface area contributed by atoms with Crippen molar-refractivity contribution in [3.8, 4) is 17.2 Å². The number of rotatable bonds is 6. The highest BCUT2D eigenvalue weighted by molar-refractivity contribution is 6.35. The van der Waals surface area contributed by atoms with E-state index in [4.69, 9.17) is 25.8 Å². The number of fused-ring (bicyclic) bond motifs is 1. The van der Waals surface area contributed by atoms with Crippen LogP contribution in [0, 0.1) is 23.4 Å². The highest BCUT2D eigenvalue weighted by Gasteiger charge is 2.61. The molecule has 1 aliphatic carbocycles. The molecular formula is C26H22ClF3O8. The molecule has 8 nitrogen and oxygen atoms in total. The van der Waals surface area contributed by atoms with Gasteiger partial charge in [0.2, 0.25) is 11.4 Å². The topological polar surface area (TPSA) is 108 Å². The number of Topliss-reactive ketones (excluding diaryl/α,β-unsaturated/α-hetero) is 2. The zero-order valence-corrected chi connectivity index (χ0v) is 21.4. The van der Waals surface area contributed by atoms with Gasteiger partial charge in [0.15, 0.2) is 34.7 Å². The quantitative estimate of drug-likeness (QED) is 0.398. The van der Waals surface area contributed by atoms with Gasteiger partial charge in [-0.25, -0.2) is 13.2 Å². The van der Waals surface area contributed by atoms with Gasteiger partial charge in [-0.3, -0.25) is 14.4 Å². The van der Waals surface area contributed by atoms with Gasteiger partial charge in [-0.15, -0.1) is 0 Å². The molecule has 0 saturated carbocycles. The molecule has 1 spiro atoms. The smallest absolute Gasteiger partial charge is 0.306 e. The minimum absolute atomic E-state index is 0.0235. The molecule has 12 heteroatoms. The van der Waals surface area contributed by atoms with E-state index in [2.05, 4.69) is 4.74 Å². The minimum atomic E-state index is -2.19. The summed E-state index contributed by atoms with van der Waals surface area (Å²) in [5.41, 5.74) is -3.16. The van der Waals surface area contributed by atoms with Gasteiger partial charge in [0, 0.05) is 29.9 Å². The predicted octanol–water partition coefficient (Wildman–Crippen LogP) is 4.86. The maximum absolute atomic E-state index is 14.2. The van der Waals surface area contributed by atoms with Crippen LogP contribution >= 0.6 is 11.6 Å². The number of benzene rings is 2. The van der Waals surface area contributed by atoms with Crippen LogP contribution in [0.25, 0.3) is 0 Å². The summed E-state index contributed by atoms with van der Waals surface area (Å²) in [6, 6.07) is 2.55. The number of aliphatic hydroxyl groups is 1. The van der Waals surface area contributed by atoms with Crippen molar-refractivity contribution in [3.05, 3.63) is 63.1 Å². The molecule has 0 aromatic heterocycles. The number of hydrogen-bond donors (Lipinski definition) is 1. The van der Waals surface area contributed by atoms with E-state index >= 15 is 0 Å². The molecule has 0 unspecified atom stereocenters. The van der Waals surface area contributed by atoms with Crippen molar-refractivity contribution in [1.29, 1.82) is 0 Å². The van der Waals surface area contributed by atoms with E-state index < -0.39 is 70.2 Å². The van der Waals surface area contributed by atoms with Crippen molar-refractivity contribution in [2.45, 2.75) is 31.3 Å². The van der Waals surface area contributed by atoms with Crippen molar-refractivity contribution in [2.24, 2.45) is 5.92 Å². The zero-order chi connectivity index (χ0) is 28.1. The van der Waals surface area contributed by atoms with Crippen LogP contribution in [0.3, 0.4) is 0 Å². The molecule has 1 N–H and O–H groups in total. The summed E-state index contributed by atoms with van der Waals surface area (Å²) < 4.78 is 63.2. The monoisotopic (exact) mass is 554 g/mol. The average Bonchev–Trinajstić information content (AvgIpc) is 3.20. The minimum Gasteiger partial charge on any atom is -0.507 e. The van der Waals surface area contributed by atoms with Gasteiger partial charge in [-0.2, -0.15) is 0 Å². The lowest BCUT2D eigenvalue weighted by atomic mass is 9.69. The average molecular weight is 555 g/mol. The van der Waals surface area contributed by atoms with Crippen LogP contribution in [0.2, 0.25) is 5.02 Å². The van der Waals surface area contributed by atoms with Crippen molar-refractivity contribution >= 4 is 29.1 Å². The van der Waals surface area contributed by atoms with Crippen LogP contribution in [0.4, 0.5) is 13.2 Å². The third kappa shape index (κ3) is 3.96. The Morgan fingerprint density at radius 3 is 2.29 bits per heavy atom. The number of methoxy groups -OCH3 is 3. The van der Waals surface area contributed by atoms with Crippen molar-refractivity contribution in [1.82, 2.24) is 0 Å². The summed E-state index contributed by atoms with van der Waals surface area (Å²) in [6.07, 6.45) is -1.03. The van der Waals surface area contributed by atoms with E-state index in [1.807, 2.05) is 0 Å². The first-order valence-electron chi connectivity index (χ1n) is 11.3. The number of allylic oxidation sites excluding steroid dienone is 1. The maximum Gasteiger partial charge on any atom is 0.306 e. The standard InChI is InChI=1S/C26H22ClF3O8/c1-10-5-15(31)19(12(8-18(32)37-4)11-6-13(28)22(30)14(29)7-11)24(33)26(10)25(34)20-16(35-2)9-17(36-3)21(27)23(20)38-26/h6-7,9-10,12,33H,5,8H2,1-4H3/t10-,12-,26+/m1/s1. The second-order valence-corrected chi connectivity index (χ2v) is 9.27. The fourth-order valence-corrected chi connectivity index (χ4v) is 5.22. The first kappa shape index (κ1) is 27.3. The lowest BCUT2D eigenvalue weighted by Crippen LogP contribution is -2.53. The van der Waals surface area contributed by atoms with Crippen LogP contribution in [-0.2, 0) is 14.3 Å². The lowest BCUT2D eigenvalue weighted by molar-refractivity contribution is -0.140. The van der Waals surface area contributed by atoms with Crippen LogP contribution in [0.1, 0.15) is 41.6 Å². The van der Waals surface area contributed by atoms with Gasteiger partial charge >= 0.3 is 5.97 Å². The van der Waals surface area contributed by atoms with E-state index in [-0.39, 0.29) is 39.8 Å². The lowest BCUT2D eigenvalue weighted by Gasteiger charge is -2.38. The Balaban J connectivity index is 1.98. The molecule has 1 heterocycles. The van der Waals surface area contributed by atoms with Crippen molar-refractivity contribution < 1.29 is 51.6 Å². The first-order valence-corrected chi connectivity index (χ1v) is 11.7. The molecule has 38 heavy (non-hydrogen) atoms. The Kier molecular flexibility index (Phi) is 7.09. The van der Waals surface area contributed by atoms with E-state index in [9.17, 15) is 32.7 Å². The number of ketones is 2. The highest BCUT2D eigenvalue weighted by atomic mass is 35.5. The Hall–Kier alpha value is -3.73. The van der Waals surface area contributed by atoms with Crippen LogP contribution < -0.4 is 14.2 Å². The van der Waals surface area contributed by atoms with Gasteiger partial charge in [0.1, 0.15) is 22.1 Å². The Bertz CT molecular complexity index is 1380. The number of hydrogen-bond acceptors (Lipinski definition) is 8. The summed E-state index contributed by atoms with van der Waals surface area (Å²) in [4.78, 5) is 39.4. The summed E-state index contributed by atoms with van der Waals surface area (Å²) in [5, 5.41) is 11.5. The predicted molar refractivity (Wildman–Crippen MR) is 126 cm³/mol. The maximum atomic E-state index is 14.2. The Labute approximate surface area is 219 Å². The van der Waals surface area contributed by atoms with Gasteiger partial charge in [0.05, 0.1) is 27.8 Å². The van der Waals surface area contributed by atoms with Gasteiger partial charge in [-0.1, -0.05) is 18.5 Å². The second kappa shape index (κ2) is 9.86. The molecule has 2 aliphatic rings. The summed E-state index contributed by atoms with van der Waals surface area (Å²) in [7, 11) is 3.67. The molecule has 3 atom stereocenters. The Morgan fingerprint density at radius 1 is 1.13 bits per heavy atom. The number of esters is 1. The summed E-state index contributed by atoms with van der Waals surface area (Å²) in [5.74, 6) is -10.7. The van der Waals surface area contributed by atoms with E-state index in [1.165, 1.54) is 27.2 Å². The molecule has 202 valence electrons. The highest BCUT2D eigenvalue weighted by Crippen LogP contribution is 2.55. The van der Waals surface area contributed by atoms with Crippen molar-refractivity contribution in [3.63, 3.8) is 0 Å². The number of ether oxygens (including phenoxy) is 4. The number of halogens is 4. The van der Waals surface area contributed by atoms with E-state index in [0.717, 1.165) is 7.11 Å². The largest absolute Gasteiger partial charge is 0.507 e. The van der Waals surface area contributed by atoms with Crippen LogP contribution in [0.15, 0.2) is 29.5 Å². The molecule has 0 bridgehead atoms. The second-order valence-electron chi connectivity index (χ2n) is 8.89. The normalized spacial score (nSPS) is 21.3. The van der Waals surface area contributed by atoms with Crippen LogP contribution in [0.5, 0.6) is 17.2 Å². The first-order chi connectivity index (χ1) is 17.9. The van der Waals surface area contributed by atoms with Gasteiger partial charge in [-0.05, 0) is 17.7 Å². The molecule has 0 saturated heterocycles. The molecule has 2 aromatic rings. The van der Waals surface area contributed by atoms with E-state index in [0.29, 0.717) is 12.1 Å². The molecule has 1 aliphatic heterocycles. The van der Waals surface area contributed by atoms with Gasteiger partial charge < -0.3 is 24.1 Å². The third-order valence-electron chi connectivity index (χ3n) is 6.87. The van der Waals surface area contributed by atoms with E-state index in [1.54, 1.807) is 0 Å². The molecular weight excluding hydrogens is 533 g/mol. The molecule has 2 aromatic carbocycles. The number of carbonyl (C=O) groups is 3. The van der Waals surface area contributed by atoms with Crippen molar-refractivity contribution in [2.75, 3.05) is 21.3 Å². The van der Waals surface area contributed by atoms with Crippen LogP contribution in [-0.4, -0.2) is 49.6 Å². The van der Waals surface area contributed by atoms with Gasteiger partial charge in [0.25, 0.3) is 0 Å². The summed E-state index contributed by atoms with van der Waals surface area (Å²) >= 11 is 6.40. The molecule has 0 radical (unpaired) electrons. The Morgan fingerprint density at radius 2 is 1.74 bits per heavy atom.